The highest BCUT2D eigenvalue weighted by Crippen LogP contribution is 2.43. The summed E-state index contributed by atoms with van der Waals surface area (Å²) in [6.07, 6.45) is 6.21. The van der Waals surface area contributed by atoms with Crippen molar-refractivity contribution in [1.29, 1.82) is 0 Å². The van der Waals surface area contributed by atoms with Gasteiger partial charge in [0.1, 0.15) is 11.3 Å². The van der Waals surface area contributed by atoms with Gasteiger partial charge in [-0.1, -0.05) is 24.3 Å². The number of pyridine rings is 1. The molecule has 140 valence electrons. The second-order valence-electron chi connectivity index (χ2n) is 7.94. The van der Waals surface area contributed by atoms with Crippen molar-refractivity contribution in [1.82, 2.24) is 14.5 Å². The molecule has 2 aromatic heterocycles. The fourth-order valence-corrected chi connectivity index (χ4v) is 4.22. The lowest BCUT2D eigenvalue weighted by molar-refractivity contribution is 0.253. The third-order valence-electron chi connectivity index (χ3n) is 6.01. The van der Waals surface area contributed by atoms with Gasteiger partial charge in [-0.25, -0.2) is 4.98 Å². The van der Waals surface area contributed by atoms with Crippen LogP contribution in [0.15, 0.2) is 73.2 Å². The van der Waals surface area contributed by atoms with Gasteiger partial charge in [0, 0.05) is 42.1 Å². The van der Waals surface area contributed by atoms with Crippen LogP contribution in [0.4, 0.5) is 5.69 Å². The number of hydrogen-bond donors (Lipinski definition) is 0. The summed E-state index contributed by atoms with van der Waals surface area (Å²) in [7, 11) is 2.13. The van der Waals surface area contributed by atoms with Gasteiger partial charge in [0.25, 0.3) is 0 Å². The molecule has 0 bridgehead atoms. The molecule has 2 aromatic carbocycles. The largest absolute Gasteiger partial charge is 0.357 e. The standard InChI is InChI=1S/C24H24N4/c1-17-12-13-20-21(22(17)27-16-15-26(4)24(27,2)3)19-11-8-14-25-23(19)28(20)18-9-6-5-7-10-18/h5-16H,1-4H3. The number of anilines is 1. The van der Waals surface area contributed by atoms with Crippen LogP contribution in [0.2, 0.25) is 0 Å². The molecule has 0 N–H and O–H groups in total. The SMILES string of the molecule is Cc1ccc2c(c1N1C=CN(C)C1(C)C)c1cccnc1n2-c1ccccc1. The third-order valence-corrected chi connectivity index (χ3v) is 6.01. The van der Waals surface area contributed by atoms with Gasteiger partial charge in [-0.05, 0) is 56.7 Å². The van der Waals surface area contributed by atoms with Gasteiger partial charge in [-0.2, -0.15) is 0 Å². The van der Waals surface area contributed by atoms with E-state index in [0.29, 0.717) is 0 Å². The van der Waals surface area contributed by atoms with Gasteiger partial charge in [0.2, 0.25) is 0 Å². The lowest BCUT2D eigenvalue weighted by Crippen LogP contribution is -2.46. The Labute approximate surface area is 165 Å². The Hall–Kier alpha value is -3.27. The van der Waals surface area contributed by atoms with Crippen LogP contribution < -0.4 is 4.90 Å². The molecule has 5 rings (SSSR count). The highest BCUT2D eigenvalue weighted by molar-refractivity contribution is 6.15. The average Bonchev–Trinajstić information content (AvgIpc) is 3.17. The first-order valence-electron chi connectivity index (χ1n) is 9.65. The lowest BCUT2D eigenvalue weighted by Gasteiger charge is -2.39. The predicted molar refractivity (Wildman–Crippen MR) is 117 cm³/mol. The Bertz CT molecular complexity index is 1220. The second kappa shape index (κ2) is 5.86. The van der Waals surface area contributed by atoms with Gasteiger partial charge in [0.15, 0.2) is 0 Å². The van der Waals surface area contributed by atoms with E-state index in [0.717, 1.165) is 11.3 Å². The Morgan fingerprint density at radius 2 is 1.68 bits per heavy atom. The zero-order valence-corrected chi connectivity index (χ0v) is 16.7. The van der Waals surface area contributed by atoms with Crippen LogP contribution in [0.5, 0.6) is 0 Å². The van der Waals surface area contributed by atoms with Crippen molar-refractivity contribution in [2.24, 2.45) is 0 Å². The Morgan fingerprint density at radius 3 is 2.39 bits per heavy atom. The van der Waals surface area contributed by atoms with Gasteiger partial charge in [0.05, 0.1) is 11.2 Å². The van der Waals surface area contributed by atoms with E-state index in [-0.39, 0.29) is 5.66 Å². The number of fused-ring (bicyclic) bond motifs is 3. The zero-order chi connectivity index (χ0) is 19.5. The molecule has 0 saturated carbocycles. The molecule has 0 spiro atoms. The molecule has 28 heavy (non-hydrogen) atoms. The molecule has 3 heterocycles. The lowest BCUT2D eigenvalue weighted by atomic mass is 10.0. The van der Waals surface area contributed by atoms with E-state index < -0.39 is 0 Å². The van der Waals surface area contributed by atoms with E-state index >= 15 is 0 Å². The summed E-state index contributed by atoms with van der Waals surface area (Å²) in [5.41, 5.74) is 5.67. The molecule has 1 aliphatic heterocycles. The molecule has 0 saturated heterocycles. The van der Waals surface area contributed by atoms with Gasteiger partial charge < -0.3 is 9.80 Å². The minimum Gasteiger partial charge on any atom is -0.357 e. The number of nitrogens with zero attached hydrogens (tertiary/aromatic N) is 4. The summed E-state index contributed by atoms with van der Waals surface area (Å²) < 4.78 is 2.27. The monoisotopic (exact) mass is 368 g/mol. The predicted octanol–water partition coefficient (Wildman–Crippen LogP) is 5.45. The number of benzene rings is 2. The van der Waals surface area contributed by atoms with Crippen molar-refractivity contribution < 1.29 is 0 Å². The van der Waals surface area contributed by atoms with E-state index in [9.17, 15) is 0 Å². The number of aryl methyl sites for hydroxylation is 1. The van der Waals surface area contributed by atoms with Crippen molar-refractivity contribution in [3.63, 3.8) is 0 Å². The van der Waals surface area contributed by atoms with E-state index in [4.69, 9.17) is 4.98 Å². The first-order chi connectivity index (χ1) is 13.5. The number of aromatic nitrogens is 2. The Balaban J connectivity index is 1.92. The topological polar surface area (TPSA) is 24.3 Å². The third kappa shape index (κ3) is 2.21. The molecule has 0 atom stereocenters. The highest BCUT2D eigenvalue weighted by atomic mass is 15.4. The zero-order valence-electron chi connectivity index (χ0n) is 16.7. The van der Waals surface area contributed by atoms with Gasteiger partial charge in [-0.3, -0.25) is 4.57 Å². The van der Waals surface area contributed by atoms with Crippen LogP contribution in [0, 0.1) is 6.92 Å². The summed E-state index contributed by atoms with van der Waals surface area (Å²) >= 11 is 0. The van der Waals surface area contributed by atoms with Crippen molar-refractivity contribution >= 4 is 27.6 Å². The molecule has 4 heteroatoms. The van der Waals surface area contributed by atoms with Crippen molar-refractivity contribution in [2.45, 2.75) is 26.4 Å². The quantitative estimate of drug-likeness (QED) is 0.470. The summed E-state index contributed by atoms with van der Waals surface area (Å²) in [4.78, 5) is 9.39. The maximum atomic E-state index is 4.76. The van der Waals surface area contributed by atoms with Crippen molar-refractivity contribution in [3.8, 4) is 5.69 Å². The minimum atomic E-state index is -0.136. The normalized spacial score (nSPS) is 15.9. The van der Waals surface area contributed by atoms with Crippen molar-refractivity contribution in [2.75, 3.05) is 11.9 Å². The minimum absolute atomic E-state index is 0.136. The van der Waals surface area contributed by atoms with Gasteiger partial charge in [-0.15, -0.1) is 0 Å². The summed E-state index contributed by atoms with van der Waals surface area (Å²) in [6, 6.07) is 19.1. The van der Waals surface area contributed by atoms with Crippen molar-refractivity contribution in [3.05, 3.63) is 78.8 Å². The molecule has 0 amide bonds. The van der Waals surface area contributed by atoms with E-state index in [1.807, 2.05) is 18.3 Å². The Kier molecular flexibility index (Phi) is 3.53. The highest BCUT2D eigenvalue weighted by Gasteiger charge is 2.35. The van der Waals surface area contributed by atoms with Crippen LogP contribution in [0.1, 0.15) is 19.4 Å². The molecule has 0 aliphatic carbocycles. The smallest absolute Gasteiger partial charge is 0.145 e. The molecule has 0 unspecified atom stereocenters. The van der Waals surface area contributed by atoms with Crippen LogP contribution in [0.25, 0.3) is 27.6 Å². The van der Waals surface area contributed by atoms with Crippen LogP contribution in [0.3, 0.4) is 0 Å². The molecule has 1 aliphatic rings. The van der Waals surface area contributed by atoms with E-state index in [2.05, 4.69) is 97.1 Å². The second-order valence-corrected chi connectivity index (χ2v) is 7.94. The number of para-hydroxylation sites is 1. The maximum Gasteiger partial charge on any atom is 0.145 e. The first-order valence-corrected chi connectivity index (χ1v) is 9.65. The number of rotatable bonds is 2. The summed E-state index contributed by atoms with van der Waals surface area (Å²) in [5, 5.41) is 2.43. The summed E-state index contributed by atoms with van der Waals surface area (Å²) in [5.74, 6) is 0. The van der Waals surface area contributed by atoms with Gasteiger partial charge >= 0.3 is 0 Å². The number of hydrogen-bond acceptors (Lipinski definition) is 3. The molecule has 4 nitrogen and oxygen atoms in total. The van der Waals surface area contributed by atoms with E-state index in [1.165, 1.54) is 27.5 Å². The summed E-state index contributed by atoms with van der Waals surface area (Å²) in [6.45, 7) is 6.69. The van der Waals surface area contributed by atoms with E-state index in [1.54, 1.807) is 0 Å². The van der Waals surface area contributed by atoms with Crippen LogP contribution in [-0.4, -0.2) is 27.2 Å². The molecule has 0 fully saturated rings. The maximum absolute atomic E-state index is 4.76. The average molecular weight is 368 g/mol. The van der Waals surface area contributed by atoms with Crippen LogP contribution >= 0.6 is 0 Å². The van der Waals surface area contributed by atoms with Crippen LogP contribution in [-0.2, 0) is 0 Å². The fourth-order valence-electron chi connectivity index (χ4n) is 4.22. The fraction of sp³-hybridized carbons (Fsp3) is 0.208. The Morgan fingerprint density at radius 1 is 0.893 bits per heavy atom. The molecule has 0 radical (unpaired) electrons. The first kappa shape index (κ1) is 16.9. The molecular formula is C24H24N4. The molecular weight excluding hydrogens is 344 g/mol. The molecule has 4 aromatic rings.